The lowest BCUT2D eigenvalue weighted by atomic mass is 10.2. The molecule has 8 heteroatoms. The molecule has 1 aromatic heterocycles. The number of hydrogen-bond donors (Lipinski definition) is 2. The monoisotopic (exact) mass is 390 g/mol. The Hall–Kier alpha value is -2.51. The maximum atomic E-state index is 12.2. The first-order valence-electron chi connectivity index (χ1n) is 7.83. The number of nitrogens with one attached hydrogen (secondary N) is 2. The second-order valence-electron chi connectivity index (χ2n) is 5.75. The van der Waals surface area contributed by atoms with Gasteiger partial charge in [-0.1, -0.05) is 35.4 Å². The zero-order valence-corrected chi connectivity index (χ0v) is 15.8. The van der Waals surface area contributed by atoms with Crippen molar-refractivity contribution in [2.75, 3.05) is 11.1 Å². The van der Waals surface area contributed by atoms with Crippen molar-refractivity contribution < 1.29 is 14.0 Å². The van der Waals surface area contributed by atoms with E-state index in [0.29, 0.717) is 15.7 Å². The summed E-state index contributed by atoms with van der Waals surface area (Å²) in [5.41, 5.74) is 2.88. The molecule has 1 amide bonds. The molecule has 0 aliphatic heterocycles. The molecule has 2 aromatic carbocycles. The molecule has 0 bridgehead atoms. The summed E-state index contributed by atoms with van der Waals surface area (Å²) in [7, 11) is 0. The zero-order valence-electron chi connectivity index (χ0n) is 14.2. The summed E-state index contributed by atoms with van der Waals surface area (Å²) in [5, 5.41) is 6.20. The van der Waals surface area contributed by atoms with Crippen LogP contribution in [0, 0.1) is 13.8 Å². The van der Waals surface area contributed by atoms with Gasteiger partial charge in [0.25, 0.3) is 0 Å². The van der Waals surface area contributed by atoms with Gasteiger partial charge in [-0.25, -0.2) is 4.79 Å². The molecule has 0 spiro atoms. The number of carbonyl (C=O) groups is 1. The molecule has 0 saturated heterocycles. The lowest BCUT2D eigenvalue weighted by Gasteiger charge is -2.07. The summed E-state index contributed by atoms with van der Waals surface area (Å²) in [5.74, 6) is -0.183. The Morgan fingerprint density at radius 2 is 1.96 bits per heavy atom. The molecule has 3 aromatic rings. The van der Waals surface area contributed by atoms with E-state index in [0.717, 1.165) is 28.6 Å². The van der Waals surface area contributed by atoms with Gasteiger partial charge in [0.15, 0.2) is 0 Å². The van der Waals surface area contributed by atoms with E-state index < -0.39 is 5.63 Å². The number of aryl methyl sites for hydroxylation is 2. The van der Waals surface area contributed by atoms with Crippen LogP contribution in [-0.4, -0.2) is 16.9 Å². The molecule has 0 aliphatic carbocycles. The molecule has 0 aliphatic rings. The highest BCUT2D eigenvalue weighted by atomic mass is 35.5. The lowest BCUT2D eigenvalue weighted by molar-refractivity contribution is -0.704. The van der Waals surface area contributed by atoms with Crippen molar-refractivity contribution >= 4 is 35.0 Å². The van der Waals surface area contributed by atoms with E-state index >= 15 is 0 Å². The number of nitrogens with zero attached hydrogens (tertiary/aromatic N) is 1. The van der Waals surface area contributed by atoms with Crippen LogP contribution in [0.2, 0.25) is 5.02 Å². The van der Waals surface area contributed by atoms with Crippen LogP contribution in [0.1, 0.15) is 11.1 Å². The summed E-state index contributed by atoms with van der Waals surface area (Å²) < 4.78 is 6.40. The quantitative estimate of drug-likeness (QED) is 0.517. The van der Waals surface area contributed by atoms with Crippen LogP contribution in [0.5, 0.6) is 0 Å². The molecule has 0 saturated carbocycles. The third-order valence-corrected chi connectivity index (χ3v) is 4.98. The molecular formula is C18H17ClN3O3S+. The van der Waals surface area contributed by atoms with Crippen LogP contribution in [0.25, 0.3) is 5.69 Å². The number of thioether (sulfide) groups is 1. The molecule has 3 rings (SSSR count). The van der Waals surface area contributed by atoms with E-state index in [4.69, 9.17) is 16.1 Å². The largest absolute Gasteiger partial charge is 0.442 e. The second kappa shape index (κ2) is 7.80. The minimum absolute atomic E-state index is 0.0560. The fraction of sp³-hybridized carbons (Fsp3) is 0.167. The number of H-pyrrole nitrogens is 1. The molecule has 0 fully saturated rings. The Morgan fingerprint density at radius 1 is 1.23 bits per heavy atom. The first-order chi connectivity index (χ1) is 12.4. The SMILES string of the molecule is Cc1ccc(-[n+]2[nH]oc(=O)c2SCC(=O)Nc2cc(Cl)ccc2C)cc1. The molecule has 134 valence electrons. The van der Waals surface area contributed by atoms with E-state index in [1.54, 1.807) is 12.1 Å². The average Bonchev–Trinajstić information content (AvgIpc) is 2.98. The maximum absolute atomic E-state index is 12.2. The average molecular weight is 391 g/mol. The van der Waals surface area contributed by atoms with E-state index in [1.165, 1.54) is 4.68 Å². The summed E-state index contributed by atoms with van der Waals surface area (Å²) in [6.07, 6.45) is 0. The summed E-state index contributed by atoms with van der Waals surface area (Å²) >= 11 is 7.06. The van der Waals surface area contributed by atoms with Crippen LogP contribution in [0.4, 0.5) is 5.69 Å². The summed E-state index contributed by atoms with van der Waals surface area (Å²) in [6.45, 7) is 3.86. The molecule has 0 radical (unpaired) electrons. The number of hydrogen-bond acceptors (Lipinski definition) is 4. The fourth-order valence-corrected chi connectivity index (χ4v) is 3.24. The van der Waals surface area contributed by atoms with Crippen molar-refractivity contribution in [1.29, 1.82) is 0 Å². The van der Waals surface area contributed by atoms with Gasteiger partial charge in [0.1, 0.15) is 0 Å². The second-order valence-corrected chi connectivity index (χ2v) is 7.15. The Morgan fingerprint density at radius 3 is 2.69 bits per heavy atom. The van der Waals surface area contributed by atoms with Gasteiger partial charge in [0, 0.05) is 22.8 Å². The van der Waals surface area contributed by atoms with Gasteiger partial charge in [-0.2, -0.15) is 0 Å². The number of carbonyl (C=O) groups excluding carboxylic acids is 1. The molecular weight excluding hydrogens is 374 g/mol. The topological polar surface area (TPSA) is 79.0 Å². The zero-order chi connectivity index (χ0) is 18.7. The van der Waals surface area contributed by atoms with Crippen LogP contribution >= 0.6 is 23.4 Å². The maximum Gasteiger partial charge on any atom is 0.442 e. The Labute approximate surface area is 159 Å². The number of amides is 1. The van der Waals surface area contributed by atoms with Crippen molar-refractivity contribution in [3.63, 3.8) is 0 Å². The van der Waals surface area contributed by atoms with Gasteiger partial charge in [0.05, 0.1) is 5.75 Å². The number of anilines is 1. The van der Waals surface area contributed by atoms with Gasteiger partial charge in [-0.15, -0.1) is 0 Å². The van der Waals surface area contributed by atoms with Gasteiger partial charge in [-0.3, -0.25) is 9.32 Å². The highest BCUT2D eigenvalue weighted by Gasteiger charge is 2.25. The van der Waals surface area contributed by atoms with Crippen molar-refractivity contribution in [3.05, 3.63) is 69.0 Å². The molecule has 0 unspecified atom stereocenters. The number of benzene rings is 2. The van der Waals surface area contributed by atoms with E-state index in [-0.39, 0.29) is 11.7 Å². The fourth-order valence-electron chi connectivity index (χ4n) is 2.30. The minimum Gasteiger partial charge on any atom is -0.325 e. The minimum atomic E-state index is -0.526. The number of halogens is 1. The van der Waals surface area contributed by atoms with Crippen molar-refractivity contribution in [2.45, 2.75) is 18.9 Å². The molecule has 6 nitrogen and oxygen atoms in total. The summed E-state index contributed by atoms with van der Waals surface area (Å²) in [6, 6.07) is 12.9. The number of aromatic nitrogens is 2. The highest BCUT2D eigenvalue weighted by Crippen LogP contribution is 2.21. The van der Waals surface area contributed by atoms with E-state index in [1.807, 2.05) is 44.2 Å². The normalized spacial score (nSPS) is 10.7. The summed E-state index contributed by atoms with van der Waals surface area (Å²) in [4.78, 5) is 24.2. The van der Waals surface area contributed by atoms with Crippen molar-refractivity contribution in [2.24, 2.45) is 0 Å². The van der Waals surface area contributed by atoms with Crippen LogP contribution in [0.15, 0.2) is 56.8 Å². The van der Waals surface area contributed by atoms with Gasteiger partial charge in [-0.05, 0) is 53.3 Å². The number of aromatic amines is 1. The predicted octanol–water partition coefficient (Wildman–Crippen LogP) is 3.25. The van der Waals surface area contributed by atoms with Gasteiger partial charge < -0.3 is 5.32 Å². The van der Waals surface area contributed by atoms with E-state index in [9.17, 15) is 9.59 Å². The predicted molar refractivity (Wildman–Crippen MR) is 101 cm³/mol. The smallest absolute Gasteiger partial charge is 0.325 e. The van der Waals surface area contributed by atoms with Crippen LogP contribution in [-0.2, 0) is 4.79 Å². The first kappa shape index (κ1) is 18.3. The van der Waals surface area contributed by atoms with Crippen LogP contribution in [0.3, 0.4) is 0 Å². The van der Waals surface area contributed by atoms with Crippen molar-refractivity contribution in [1.82, 2.24) is 5.27 Å². The first-order valence-corrected chi connectivity index (χ1v) is 9.20. The Balaban J connectivity index is 1.73. The third-order valence-electron chi connectivity index (χ3n) is 3.71. The standard InChI is InChI=1S/C18H16ClN3O3S/c1-11-3-7-14(8-4-11)22-17(18(24)25-21-22)26-10-16(23)20-15-9-13(19)6-5-12(15)2/h3-9H,10H2,1-2H3,(H-,20,21,23,24)/p+1. The molecule has 2 N–H and O–H groups in total. The van der Waals surface area contributed by atoms with Crippen LogP contribution < -0.4 is 15.6 Å². The van der Waals surface area contributed by atoms with E-state index in [2.05, 4.69) is 10.6 Å². The van der Waals surface area contributed by atoms with Gasteiger partial charge >= 0.3 is 10.7 Å². The Bertz CT molecular complexity index is 996. The molecule has 1 heterocycles. The number of rotatable bonds is 5. The van der Waals surface area contributed by atoms with Gasteiger partial charge in [0.2, 0.25) is 11.6 Å². The lowest BCUT2D eigenvalue weighted by Crippen LogP contribution is -2.36. The highest BCUT2D eigenvalue weighted by molar-refractivity contribution is 7.99. The third kappa shape index (κ3) is 4.17. The Kier molecular flexibility index (Phi) is 5.49. The molecule has 0 atom stereocenters. The van der Waals surface area contributed by atoms with Crippen molar-refractivity contribution in [3.8, 4) is 5.69 Å². The molecule has 26 heavy (non-hydrogen) atoms.